The molecule has 0 spiro atoms. The highest BCUT2D eigenvalue weighted by Crippen LogP contribution is 2.32. The number of halogens is 2. The first kappa shape index (κ1) is 12.0. The van der Waals surface area contributed by atoms with Gasteiger partial charge in [-0.3, -0.25) is 0 Å². The molecule has 88 valence electrons. The first-order valence-electron chi connectivity index (χ1n) is 5.01. The number of pyridine rings is 1. The second-order valence-corrected chi connectivity index (χ2v) is 4.46. The molecule has 0 radical (unpaired) electrons. The van der Waals surface area contributed by atoms with Crippen LogP contribution in [0.1, 0.15) is 5.56 Å². The van der Waals surface area contributed by atoms with Crippen molar-refractivity contribution in [1.29, 1.82) is 0 Å². The average molecular weight is 268 g/mol. The fourth-order valence-corrected chi connectivity index (χ4v) is 1.87. The van der Waals surface area contributed by atoms with Crippen LogP contribution >= 0.6 is 23.2 Å². The molecule has 0 saturated carbocycles. The van der Waals surface area contributed by atoms with Crippen LogP contribution in [0.25, 0.3) is 0 Å². The van der Waals surface area contributed by atoms with E-state index in [0.29, 0.717) is 27.2 Å². The Morgan fingerprint density at radius 1 is 1.24 bits per heavy atom. The van der Waals surface area contributed by atoms with Crippen molar-refractivity contribution in [3.8, 4) is 0 Å². The smallest absolute Gasteiger partial charge is 0.130 e. The summed E-state index contributed by atoms with van der Waals surface area (Å²) in [5.41, 5.74) is 7.95. The highest BCUT2D eigenvalue weighted by molar-refractivity contribution is 6.39. The van der Waals surface area contributed by atoms with Gasteiger partial charge in [0.05, 0.1) is 27.6 Å². The SMILES string of the molecule is Cc1cc(Nc2c(Cl)cccc2Cl)ncc1N. The van der Waals surface area contributed by atoms with Crippen LogP contribution in [0, 0.1) is 6.92 Å². The molecular formula is C12H11Cl2N3. The molecule has 1 aromatic heterocycles. The minimum Gasteiger partial charge on any atom is -0.397 e. The Morgan fingerprint density at radius 2 is 1.88 bits per heavy atom. The molecule has 0 amide bonds. The topological polar surface area (TPSA) is 50.9 Å². The van der Waals surface area contributed by atoms with Crippen molar-refractivity contribution in [2.45, 2.75) is 6.92 Å². The molecule has 3 N–H and O–H groups in total. The number of aryl methyl sites for hydroxylation is 1. The van der Waals surface area contributed by atoms with Gasteiger partial charge in [0.1, 0.15) is 5.82 Å². The standard InChI is InChI=1S/C12H11Cl2N3/c1-7-5-11(16-6-10(7)15)17-12-8(13)3-2-4-9(12)14/h2-6H,15H2,1H3,(H,16,17). The van der Waals surface area contributed by atoms with Gasteiger partial charge in [-0.2, -0.15) is 0 Å². The van der Waals surface area contributed by atoms with Gasteiger partial charge in [0, 0.05) is 0 Å². The number of aromatic nitrogens is 1. The van der Waals surface area contributed by atoms with E-state index in [-0.39, 0.29) is 0 Å². The molecule has 2 aromatic rings. The maximum Gasteiger partial charge on any atom is 0.130 e. The number of para-hydroxylation sites is 1. The maximum absolute atomic E-state index is 6.05. The predicted octanol–water partition coefficient (Wildman–Crippen LogP) is 4.02. The maximum atomic E-state index is 6.05. The fourth-order valence-electron chi connectivity index (χ4n) is 1.38. The summed E-state index contributed by atoms with van der Waals surface area (Å²) < 4.78 is 0. The Kier molecular flexibility index (Phi) is 3.41. The third kappa shape index (κ3) is 2.62. The number of benzene rings is 1. The minimum atomic E-state index is 0.550. The van der Waals surface area contributed by atoms with Crippen LogP contribution in [-0.4, -0.2) is 4.98 Å². The molecule has 0 unspecified atom stereocenters. The first-order valence-corrected chi connectivity index (χ1v) is 5.76. The molecular weight excluding hydrogens is 257 g/mol. The van der Waals surface area contributed by atoms with Crippen LogP contribution in [0.5, 0.6) is 0 Å². The zero-order chi connectivity index (χ0) is 12.4. The van der Waals surface area contributed by atoms with Crippen LogP contribution in [0.4, 0.5) is 17.2 Å². The van der Waals surface area contributed by atoms with E-state index in [4.69, 9.17) is 28.9 Å². The highest BCUT2D eigenvalue weighted by Gasteiger charge is 2.06. The average Bonchev–Trinajstić information content (AvgIpc) is 2.28. The Balaban J connectivity index is 2.35. The molecule has 2 rings (SSSR count). The van der Waals surface area contributed by atoms with Crippen molar-refractivity contribution in [3.63, 3.8) is 0 Å². The molecule has 5 heteroatoms. The molecule has 0 saturated heterocycles. The van der Waals surface area contributed by atoms with Crippen molar-refractivity contribution >= 4 is 40.4 Å². The second-order valence-electron chi connectivity index (χ2n) is 3.65. The van der Waals surface area contributed by atoms with Gasteiger partial charge < -0.3 is 11.1 Å². The van der Waals surface area contributed by atoms with Gasteiger partial charge >= 0.3 is 0 Å². The molecule has 0 bridgehead atoms. The summed E-state index contributed by atoms with van der Waals surface area (Å²) in [5, 5.41) is 4.18. The molecule has 0 fully saturated rings. The van der Waals surface area contributed by atoms with Gasteiger partial charge in [-0.1, -0.05) is 29.3 Å². The molecule has 0 aliphatic carbocycles. The number of anilines is 3. The lowest BCUT2D eigenvalue weighted by atomic mass is 10.2. The number of hydrogen-bond donors (Lipinski definition) is 2. The van der Waals surface area contributed by atoms with E-state index in [1.165, 1.54) is 0 Å². The van der Waals surface area contributed by atoms with Crippen molar-refractivity contribution < 1.29 is 0 Å². The van der Waals surface area contributed by atoms with Crippen LogP contribution in [-0.2, 0) is 0 Å². The highest BCUT2D eigenvalue weighted by atomic mass is 35.5. The van der Waals surface area contributed by atoms with E-state index < -0.39 is 0 Å². The summed E-state index contributed by atoms with van der Waals surface area (Å²) in [6, 6.07) is 7.16. The van der Waals surface area contributed by atoms with E-state index in [2.05, 4.69) is 10.3 Å². The Hall–Kier alpha value is -1.45. The zero-order valence-electron chi connectivity index (χ0n) is 9.17. The molecule has 17 heavy (non-hydrogen) atoms. The van der Waals surface area contributed by atoms with E-state index in [9.17, 15) is 0 Å². The van der Waals surface area contributed by atoms with Crippen LogP contribution < -0.4 is 11.1 Å². The Morgan fingerprint density at radius 3 is 2.47 bits per heavy atom. The van der Waals surface area contributed by atoms with Crippen molar-refractivity contribution in [2.24, 2.45) is 0 Å². The van der Waals surface area contributed by atoms with E-state index in [1.807, 2.05) is 13.0 Å². The summed E-state index contributed by atoms with van der Waals surface area (Å²) in [4.78, 5) is 4.16. The molecule has 3 nitrogen and oxygen atoms in total. The van der Waals surface area contributed by atoms with Crippen molar-refractivity contribution in [1.82, 2.24) is 4.98 Å². The van der Waals surface area contributed by atoms with Gasteiger partial charge in [-0.25, -0.2) is 4.98 Å². The van der Waals surface area contributed by atoms with E-state index in [0.717, 1.165) is 5.56 Å². The van der Waals surface area contributed by atoms with Gasteiger partial charge in [-0.05, 0) is 30.7 Å². The number of rotatable bonds is 2. The molecule has 1 heterocycles. The third-order valence-corrected chi connectivity index (χ3v) is 3.00. The summed E-state index contributed by atoms with van der Waals surface area (Å²) in [6.07, 6.45) is 1.60. The summed E-state index contributed by atoms with van der Waals surface area (Å²) in [5.74, 6) is 0.659. The summed E-state index contributed by atoms with van der Waals surface area (Å²) >= 11 is 12.1. The number of nitrogens with zero attached hydrogens (tertiary/aromatic N) is 1. The largest absolute Gasteiger partial charge is 0.397 e. The van der Waals surface area contributed by atoms with E-state index >= 15 is 0 Å². The minimum absolute atomic E-state index is 0.550. The van der Waals surface area contributed by atoms with Crippen molar-refractivity contribution in [3.05, 3.63) is 46.1 Å². The van der Waals surface area contributed by atoms with Gasteiger partial charge in [-0.15, -0.1) is 0 Å². The number of nitrogens with one attached hydrogen (secondary N) is 1. The Labute approximate surface area is 110 Å². The lowest BCUT2D eigenvalue weighted by molar-refractivity contribution is 1.28. The lowest BCUT2D eigenvalue weighted by Crippen LogP contribution is -1.98. The predicted molar refractivity (Wildman–Crippen MR) is 73.1 cm³/mol. The zero-order valence-corrected chi connectivity index (χ0v) is 10.7. The van der Waals surface area contributed by atoms with Crippen LogP contribution in [0.15, 0.2) is 30.5 Å². The molecule has 0 aliphatic rings. The molecule has 0 atom stereocenters. The van der Waals surface area contributed by atoms with Gasteiger partial charge in [0.25, 0.3) is 0 Å². The van der Waals surface area contributed by atoms with Gasteiger partial charge in [0.15, 0.2) is 0 Å². The van der Waals surface area contributed by atoms with Crippen LogP contribution in [0.3, 0.4) is 0 Å². The first-order chi connectivity index (χ1) is 8.08. The third-order valence-electron chi connectivity index (χ3n) is 2.37. The monoisotopic (exact) mass is 267 g/mol. The number of nitrogen functional groups attached to an aromatic ring is 1. The van der Waals surface area contributed by atoms with E-state index in [1.54, 1.807) is 24.4 Å². The molecule has 1 aromatic carbocycles. The normalized spacial score (nSPS) is 10.3. The van der Waals surface area contributed by atoms with Crippen molar-refractivity contribution in [2.75, 3.05) is 11.1 Å². The summed E-state index contributed by atoms with van der Waals surface area (Å²) in [7, 11) is 0. The Bertz CT molecular complexity index is 535. The fraction of sp³-hybridized carbons (Fsp3) is 0.0833. The second kappa shape index (κ2) is 4.82. The number of hydrogen-bond acceptors (Lipinski definition) is 3. The van der Waals surface area contributed by atoms with Gasteiger partial charge in [0.2, 0.25) is 0 Å². The lowest BCUT2D eigenvalue weighted by Gasteiger charge is -2.10. The summed E-state index contributed by atoms with van der Waals surface area (Å²) in [6.45, 7) is 1.91. The van der Waals surface area contributed by atoms with Crippen LogP contribution in [0.2, 0.25) is 10.0 Å². The molecule has 0 aliphatic heterocycles. The quantitative estimate of drug-likeness (QED) is 0.864. The number of nitrogens with two attached hydrogens (primary N) is 1.